The van der Waals surface area contributed by atoms with Gasteiger partial charge in [-0.1, -0.05) is 15.9 Å². The monoisotopic (exact) mass is 314 g/mol. The van der Waals surface area contributed by atoms with E-state index >= 15 is 0 Å². The molecule has 18 heavy (non-hydrogen) atoms. The van der Waals surface area contributed by atoms with Crippen LogP contribution in [-0.4, -0.2) is 30.9 Å². The Kier molecular flexibility index (Phi) is 4.24. The number of carbonyl (C=O) groups is 1. The van der Waals surface area contributed by atoms with Gasteiger partial charge in [-0.3, -0.25) is 4.79 Å². The number of ether oxygens (including phenoxy) is 3. The summed E-state index contributed by atoms with van der Waals surface area (Å²) < 4.78 is 16.2. The number of Topliss-reactive ketones (excluding diaryl/α,β-unsaturated/α-hetero) is 1. The first-order chi connectivity index (χ1) is 8.67. The number of halogens is 1. The molecule has 4 nitrogen and oxygen atoms in total. The summed E-state index contributed by atoms with van der Waals surface area (Å²) in [5.74, 6) is 1.21. The third kappa shape index (κ3) is 2.52. The Labute approximate surface area is 114 Å². The molecular weight excluding hydrogens is 300 g/mol. The highest BCUT2D eigenvalue weighted by Gasteiger charge is 2.26. The average molecular weight is 315 g/mol. The molecule has 1 unspecified atom stereocenters. The lowest BCUT2D eigenvalue weighted by Gasteiger charge is -2.22. The van der Waals surface area contributed by atoms with Crippen LogP contribution in [0.2, 0.25) is 0 Å². The molecule has 0 aliphatic carbocycles. The lowest BCUT2D eigenvalue weighted by Crippen LogP contribution is -2.27. The highest BCUT2D eigenvalue weighted by atomic mass is 79.9. The van der Waals surface area contributed by atoms with Gasteiger partial charge < -0.3 is 14.2 Å². The molecule has 0 bridgehead atoms. The van der Waals surface area contributed by atoms with Crippen molar-refractivity contribution in [2.24, 2.45) is 0 Å². The van der Waals surface area contributed by atoms with Crippen molar-refractivity contribution in [3.8, 4) is 11.5 Å². The molecule has 5 heteroatoms. The minimum absolute atomic E-state index is 0.0115. The standard InChI is InChI=1S/C13H15BrO4/c1-8-13(15)10-6-12(17-4-3-14)11(16-2)5-9(10)7-18-8/h5-6,8H,3-4,7H2,1-2H3. The van der Waals surface area contributed by atoms with Crippen molar-refractivity contribution >= 4 is 21.7 Å². The van der Waals surface area contributed by atoms with Crippen LogP contribution in [0.5, 0.6) is 11.5 Å². The second kappa shape index (κ2) is 5.71. The van der Waals surface area contributed by atoms with Gasteiger partial charge in [-0.15, -0.1) is 0 Å². The maximum absolute atomic E-state index is 12.0. The van der Waals surface area contributed by atoms with E-state index in [9.17, 15) is 4.79 Å². The van der Waals surface area contributed by atoms with Crippen LogP contribution in [-0.2, 0) is 11.3 Å². The first-order valence-corrected chi connectivity index (χ1v) is 6.85. The van der Waals surface area contributed by atoms with Crippen LogP contribution in [0, 0.1) is 0 Å². The summed E-state index contributed by atoms with van der Waals surface area (Å²) >= 11 is 3.30. The van der Waals surface area contributed by atoms with Crippen LogP contribution in [0.4, 0.5) is 0 Å². The number of ketones is 1. The Balaban J connectivity index is 2.39. The summed E-state index contributed by atoms with van der Waals surface area (Å²) in [5.41, 5.74) is 1.51. The van der Waals surface area contributed by atoms with Gasteiger partial charge in [-0.05, 0) is 24.6 Å². The van der Waals surface area contributed by atoms with E-state index in [0.717, 1.165) is 10.9 Å². The average Bonchev–Trinajstić information content (AvgIpc) is 2.40. The first-order valence-electron chi connectivity index (χ1n) is 5.73. The second-order valence-corrected chi connectivity index (χ2v) is 4.81. The summed E-state index contributed by atoms with van der Waals surface area (Å²) in [6.07, 6.45) is -0.394. The SMILES string of the molecule is COc1cc2c(cc1OCCBr)C(=O)C(C)OC2. The van der Waals surface area contributed by atoms with Gasteiger partial charge in [-0.25, -0.2) is 0 Å². The smallest absolute Gasteiger partial charge is 0.191 e. The predicted molar refractivity (Wildman–Crippen MR) is 70.9 cm³/mol. The zero-order valence-electron chi connectivity index (χ0n) is 10.4. The van der Waals surface area contributed by atoms with E-state index in [1.54, 1.807) is 20.1 Å². The van der Waals surface area contributed by atoms with Gasteiger partial charge in [-0.2, -0.15) is 0 Å². The van der Waals surface area contributed by atoms with Crippen LogP contribution in [0.3, 0.4) is 0 Å². The first kappa shape index (κ1) is 13.4. The van der Waals surface area contributed by atoms with Gasteiger partial charge in [0.05, 0.1) is 20.3 Å². The number of hydrogen-bond acceptors (Lipinski definition) is 4. The summed E-state index contributed by atoms with van der Waals surface area (Å²) in [5, 5.41) is 0.723. The predicted octanol–water partition coefficient (Wildman–Crippen LogP) is 2.57. The maximum Gasteiger partial charge on any atom is 0.191 e. The molecule has 1 aromatic rings. The van der Waals surface area contributed by atoms with E-state index in [4.69, 9.17) is 14.2 Å². The Hall–Kier alpha value is -1.07. The van der Waals surface area contributed by atoms with Crippen LogP contribution in [0.15, 0.2) is 12.1 Å². The third-order valence-electron chi connectivity index (χ3n) is 2.85. The fraction of sp³-hybridized carbons (Fsp3) is 0.462. The molecule has 1 aliphatic heterocycles. The summed E-state index contributed by atoms with van der Waals surface area (Å²) in [6.45, 7) is 2.71. The zero-order valence-corrected chi connectivity index (χ0v) is 12.0. The number of methoxy groups -OCH3 is 1. The van der Waals surface area contributed by atoms with E-state index in [0.29, 0.717) is 30.3 Å². The lowest BCUT2D eigenvalue weighted by molar-refractivity contribution is 0.0335. The molecular formula is C13H15BrO4. The minimum Gasteiger partial charge on any atom is -0.493 e. The highest BCUT2D eigenvalue weighted by molar-refractivity contribution is 9.09. The van der Waals surface area contributed by atoms with Gasteiger partial charge in [0.25, 0.3) is 0 Å². The van der Waals surface area contributed by atoms with E-state index in [-0.39, 0.29) is 5.78 Å². The van der Waals surface area contributed by atoms with Crippen LogP contribution in [0.1, 0.15) is 22.8 Å². The fourth-order valence-electron chi connectivity index (χ4n) is 1.88. The fourth-order valence-corrected chi connectivity index (χ4v) is 2.04. The molecule has 98 valence electrons. The number of carbonyl (C=O) groups excluding carboxylic acids is 1. The van der Waals surface area contributed by atoms with E-state index in [2.05, 4.69) is 15.9 Å². The third-order valence-corrected chi connectivity index (χ3v) is 3.17. The molecule has 2 rings (SSSR count). The minimum atomic E-state index is -0.394. The molecule has 1 heterocycles. The molecule has 0 fully saturated rings. The van der Waals surface area contributed by atoms with Crippen molar-refractivity contribution in [1.82, 2.24) is 0 Å². The Morgan fingerprint density at radius 3 is 2.89 bits per heavy atom. The normalized spacial score (nSPS) is 18.4. The lowest BCUT2D eigenvalue weighted by atomic mass is 9.97. The van der Waals surface area contributed by atoms with Crippen LogP contribution in [0.25, 0.3) is 0 Å². The van der Waals surface area contributed by atoms with Crippen molar-refractivity contribution in [3.63, 3.8) is 0 Å². The molecule has 0 N–H and O–H groups in total. The molecule has 0 amide bonds. The molecule has 1 aliphatic rings. The molecule has 0 radical (unpaired) electrons. The topological polar surface area (TPSA) is 44.8 Å². The van der Waals surface area contributed by atoms with Crippen molar-refractivity contribution in [3.05, 3.63) is 23.3 Å². The molecule has 0 spiro atoms. The summed E-state index contributed by atoms with van der Waals surface area (Å²) in [7, 11) is 1.58. The quantitative estimate of drug-likeness (QED) is 0.801. The van der Waals surface area contributed by atoms with E-state index < -0.39 is 6.10 Å². The molecule has 1 aromatic carbocycles. The molecule has 0 saturated carbocycles. The van der Waals surface area contributed by atoms with Crippen LogP contribution >= 0.6 is 15.9 Å². The number of hydrogen-bond donors (Lipinski definition) is 0. The van der Waals surface area contributed by atoms with Crippen molar-refractivity contribution in [2.45, 2.75) is 19.6 Å². The number of alkyl halides is 1. The highest BCUT2D eigenvalue weighted by Crippen LogP contribution is 2.34. The molecule has 0 aromatic heterocycles. The van der Waals surface area contributed by atoms with Crippen molar-refractivity contribution in [2.75, 3.05) is 19.0 Å². The second-order valence-electron chi connectivity index (χ2n) is 4.02. The largest absolute Gasteiger partial charge is 0.493 e. The van der Waals surface area contributed by atoms with E-state index in [1.807, 2.05) is 6.07 Å². The summed E-state index contributed by atoms with van der Waals surface area (Å²) in [4.78, 5) is 12.0. The van der Waals surface area contributed by atoms with Gasteiger partial charge in [0.15, 0.2) is 17.3 Å². The Morgan fingerprint density at radius 1 is 1.44 bits per heavy atom. The molecule has 1 atom stereocenters. The molecule has 0 saturated heterocycles. The van der Waals surface area contributed by atoms with Gasteiger partial charge in [0.2, 0.25) is 0 Å². The number of fused-ring (bicyclic) bond motifs is 1. The maximum atomic E-state index is 12.0. The number of benzene rings is 1. The van der Waals surface area contributed by atoms with Gasteiger partial charge >= 0.3 is 0 Å². The van der Waals surface area contributed by atoms with Gasteiger partial charge in [0.1, 0.15) is 6.10 Å². The van der Waals surface area contributed by atoms with Crippen molar-refractivity contribution in [1.29, 1.82) is 0 Å². The Morgan fingerprint density at radius 2 is 2.22 bits per heavy atom. The van der Waals surface area contributed by atoms with Crippen molar-refractivity contribution < 1.29 is 19.0 Å². The number of rotatable bonds is 4. The summed E-state index contributed by atoms with van der Waals surface area (Å²) in [6, 6.07) is 3.56. The zero-order chi connectivity index (χ0) is 13.1. The van der Waals surface area contributed by atoms with Gasteiger partial charge in [0, 0.05) is 10.9 Å². The van der Waals surface area contributed by atoms with Crippen LogP contribution < -0.4 is 9.47 Å². The Bertz CT molecular complexity index is 459. The van der Waals surface area contributed by atoms with E-state index in [1.165, 1.54) is 0 Å².